The zero-order valence-corrected chi connectivity index (χ0v) is 11.4. The second kappa shape index (κ2) is 6.44. The average molecular weight is 268 g/mol. The van der Waals surface area contributed by atoms with Gasteiger partial charge >= 0.3 is 0 Å². The lowest BCUT2D eigenvalue weighted by Gasteiger charge is -2.31. The van der Waals surface area contributed by atoms with Crippen molar-refractivity contribution >= 4 is 0 Å². The highest BCUT2D eigenvalue weighted by molar-refractivity contribution is 5.22. The summed E-state index contributed by atoms with van der Waals surface area (Å²) in [7, 11) is 0. The minimum absolute atomic E-state index is 0.0179. The molecule has 1 atom stereocenters. The van der Waals surface area contributed by atoms with Gasteiger partial charge in [-0.1, -0.05) is 13.0 Å². The van der Waals surface area contributed by atoms with Crippen molar-refractivity contribution in [1.29, 1.82) is 0 Å². The van der Waals surface area contributed by atoms with Crippen LogP contribution in [-0.2, 0) is 0 Å². The molecule has 0 radical (unpaired) electrons. The quantitative estimate of drug-likeness (QED) is 0.823. The molecule has 0 aliphatic heterocycles. The first-order valence-corrected chi connectivity index (χ1v) is 7.04. The van der Waals surface area contributed by atoms with Crippen LogP contribution in [0.15, 0.2) is 18.2 Å². The van der Waals surface area contributed by atoms with Crippen molar-refractivity contribution in [2.75, 3.05) is 19.6 Å². The molecular weight excluding hydrogens is 246 g/mol. The molecule has 1 aromatic carbocycles. The Labute approximate surface area is 113 Å². The standard InChI is InChI=1S/C15H22F2N2/c1-2-7-19(10-11-3-4-11)15(9-18)12-5-6-13(16)14(17)8-12/h5-6,8,11,15H,2-4,7,9-10,18H2,1H3. The first kappa shape index (κ1) is 14.4. The van der Waals surface area contributed by atoms with Crippen molar-refractivity contribution in [1.82, 2.24) is 4.90 Å². The molecule has 1 aromatic rings. The van der Waals surface area contributed by atoms with Gasteiger partial charge < -0.3 is 5.73 Å². The van der Waals surface area contributed by atoms with Crippen LogP contribution in [0, 0.1) is 17.6 Å². The molecule has 0 spiro atoms. The molecule has 19 heavy (non-hydrogen) atoms. The van der Waals surface area contributed by atoms with Crippen molar-refractivity contribution in [2.45, 2.75) is 32.2 Å². The van der Waals surface area contributed by atoms with E-state index >= 15 is 0 Å². The van der Waals surface area contributed by atoms with Gasteiger partial charge in [-0.05, 0) is 49.4 Å². The zero-order chi connectivity index (χ0) is 13.8. The molecule has 2 nitrogen and oxygen atoms in total. The summed E-state index contributed by atoms with van der Waals surface area (Å²) in [5.41, 5.74) is 6.64. The molecule has 1 aliphatic rings. The number of nitrogens with zero attached hydrogens (tertiary/aromatic N) is 1. The molecule has 1 saturated carbocycles. The molecule has 2 N–H and O–H groups in total. The lowest BCUT2D eigenvalue weighted by atomic mass is 10.0. The third-order valence-electron chi connectivity index (χ3n) is 3.69. The highest BCUT2D eigenvalue weighted by Crippen LogP contribution is 2.33. The van der Waals surface area contributed by atoms with E-state index in [0.717, 1.165) is 31.0 Å². The van der Waals surface area contributed by atoms with Crippen LogP contribution in [0.4, 0.5) is 8.78 Å². The summed E-state index contributed by atoms with van der Waals surface area (Å²) in [5, 5.41) is 0. The number of halogens is 2. The van der Waals surface area contributed by atoms with Gasteiger partial charge in [0.2, 0.25) is 0 Å². The third-order valence-corrected chi connectivity index (χ3v) is 3.69. The van der Waals surface area contributed by atoms with Crippen molar-refractivity contribution in [3.05, 3.63) is 35.4 Å². The molecule has 1 unspecified atom stereocenters. The van der Waals surface area contributed by atoms with E-state index in [2.05, 4.69) is 11.8 Å². The Morgan fingerprint density at radius 1 is 1.32 bits per heavy atom. The summed E-state index contributed by atoms with van der Waals surface area (Å²) in [6.07, 6.45) is 3.58. The number of rotatable bonds is 7. The van der Waals surface area contributed by atoms with Crippen LogP contribution in [0.1, 0.15) is 37.8 Å². The number of hydrogen-bond acceptors (Lipinski definition) is 2. The van der Waals surface area contributed by atoms with E-state index in [4.69, 9.17) is 5.73 Å². The fourth-order valence-electron chi connectivity index (χ4n) is 2.51. The first-order valence-electron chi connectivity index (χ1n) is 7.04. The molecule has 0 aromatic heterocycles. The van der Waals surface area contributed by atoms with E-state index in [0.29, 0.717) is 6.54 Å². The van der Waals surface area contributed by atoms with Gasteiger partial charge in [-0.2, -0.15) is 0 Å². The van der Waals surface area contributed by atoms with Gasteiger partial charge in [0.25, 0.3) is 0 Å². The Morgan fingerprint density at radius 3 is 2.58 bits per heavy atom. The van der Waals surface area contributed by atoms with Gasteiger partial charge in [0, 0.05) is 19.1 Å². The molecule has 1 aliphatic carbocycles. The van der Waals surface area contributed by atoms with Gasteiger partial charge in [0.1, 0.15) is 0 Å². The van der Waals surface area contributed by atoms with Crippen molar-refractivity contribution in [3.63, 3.8) is 0 Å². The molecule has 4 heteroatoms. The number of hydrogen-bond donors (Lipinski definition) is 1. The maximum Gasteiger partial charge on any atom is 0.159 e. The molecule has 1 fully saturated rings. The van der Waals surface area contributed by atoms with E-state index in [1.807, 2.05) is 0 Å². The number of nitrogens with two attached hydrogens (primary N) is 1. The van der Waals surface area contributed by atoms with Crippen LogP contribution < -0.4 is 5.73 Å². The first-order chi connectivity index (χ1) is 9.15. The predicted octanol–water partition coefficient (Wildman–Crippen LogP) is 3.09. The maximum absolute atomic E-state index is 13.4. The van der Waals surface area contributed by atoms with Gasteiger partial charge in [0.05, 0.1) is 0 Å². The fourth-order valence-corrected chi connectivity index (χ4v) is 2.51. The smallest absolute Gasteiger partial charge is 0.159 e. The molecule has 0 saturated heterocycles. The maximum atomic E-state index is 13.4. The van der Waals surface area contributed by atoms with Gasteiger partial charge in [-0.3, -0.25) is 4.90 Å². The lowest BCUT2D eigenvalue weighted by Crippen LogP contribution is -2.36. The Bertz CT molecular complexity index is 419. The lowest BCUT2D eigenvalue weighted by molar-refractivity contribution is 0.193. The third kappa shape index (κ3) is 3.74. The average Bonchev–Trinajstić information content (AvgIpc) is 3.19. The predicted molar refractivity (Wildman–Crippen MR) is 72.7 cm³/mol. The Hall–Kier alpha value is -1.00. The molecule has 0 amide bonds. The summed E-state index contributed by atoms with van der Waals surface area (Å²) < 4.78 is 26.4. The van der Waals surface area contributed by atoms with E-state index in [1.165, 1.54) is 25.0 Å². The van der Waals surface area contributed by atoms with Crippen LogP contribution in [0.3, 0.4) is 0 Å². The highest BCUT2D eigenvalue weighted by atomic mass is 19.2. The van der Waals surface area contributed by atoms with Crippen LogP contribution in [0.2, 0.25) is 0 Å². The highest BCUT2D eigenvalue weighted by Gasteiger charge is 2.28. The number of benzene rings is 1. The van der Waals surface area contributed by atoms with Crippen molar-refractivity contribution in [2.24, 2.45) is 11.7 Å². The van der Waals surface area contributed by atoms with E-state index in [9.17, 15) is 8.78 Å². The molecule has 0 bridgehead atoms. The zero-order valence-electron chi connectivity index (χ0n) is 11.4. The summed E-state index contributed by atoms with van der Waals surface area (Å²) in [5.74, 6) is -0.839. The van der Waals surface area contributed by atoms with Crippen LogP contribution in [-0.4, -0.2) is 24.5 Å². The van der Waals surface area contributed by atoms with Crippen LogP contribution in [0.5, 0.6) is 0 Å². The largest absolute Gasteiger partial charge is 0.329 e. The minimum Gasteiger partial charge on any atom is -0.329 e. The Balaban J connectivity index is 2.16. The monoisotopic (exact) mass is 268 g/mol. The summed E-state index contributed by atoms with van der Waals surface area (Å²) >= 11 is 0. The second-order valence-corrected chi connectivity index (χ2v) is 5.36. The summed E-state index contributed by atoms with van der Waals surface area (Å²) in [6.45, 7) is 4.50. The summed E-state index contributed by atoms with van der Waals surface area (Å²) in [4.78, 5) is 2.31. The fraction of sp³-hybridized carbons (Fsp3) is 0.600. The van der Waals surface area contributed by atoms with Gasteiger partial charge in [-0.15, -0.1) is 0 Å². The molecular formula is C15H22F2N2. The van der Waals surface area contributed by atoms with Crippen molar-refractivity contribution in [3.8, 4) is 0 Å². The van der Waals surface area contributed by atoms with Gasteiger partial charge in [0.15, 0.2) is 11.6 Å². The van der Waals surface area contributed by atoms with E-state index in [1.54, 1.807) is 6.07 Å². The topological polar surface area (TPSA) is 29.3 Å². The molecule has 2 rings (SSSR count). The van der Waals surface area contributed by atoms with Crippen LogP contribution >= 0.6 is 0 Å². The second-order valence-electron chi connectivity index (χ2n) is 5.36. The minimum atomic E-state index is -0.802. The van der Waals surface area contributed by atoms with Crippen molar-refractivity contribution < 1.29 is 8.78 Å². The molecule has 0 heterocycles. The normalized spacial score (nSPS) is 16.9. The SMILES string of the molecule is CCCN(CC1CC1)C(CN)c1ccc(F)c(F)c1. The van der Waals surface area contributed by atoms with Crippen LogP contribution in [0.25, 0.3) is 0 Å². The Kier molecular flexibility index (Phi) is 4.88. The molecule has 106 valence electrons. The van der Waals surface area contributed by atoms with Gasteiger partial charge in [-0.25, -0.2) is 8.78 Å². The summed E-state index contributed by atoms with van der Waals surface area (Å²) in [6, 6.07) is 4.10. The van der Waals surface area contributed by atoms with E-state index in [-0.39, 0.29) is 6.04 Å². The van der Waals surface area contributed by atoms with E-state index < -0.39 is 11.6 Å². The Morgan fingerprint density at radius 2 is 2.05 bits per heavy atom.